The molecular weight excluding hydrogens is 246 g/mol. The van der Waals surface area contributed by atoms with Crippen LogP contribution in [0.5, 0.6) is 0 Å². The van der Waals surface area contributed by atoms with Gasteiger partial charge in [-0.25, -0.2) is 0 Å². The maximum absolute atomic E-state index is 6.50. The lowest BCUT2D eigenvalue weighted by Gasteiger charge is -2.31. The molecule has 0 amide bonds. The zero-order valence-corrected chi connectivity index (χ0v) is 12.1. The van der Waals surface area contributed by atoms with E-state index >= 15 is 0 Å². The normalized spacial score (nSPS) is 19.4. The SMILES string of the molecule is Cc1cc(C)cc(C(N)C2OCCc3ccccc32)c1. The molecule has 104 valence electrons. The Labute approximate surface area is 120 Å². The standard InChI is InChI=1S/C18H21NO/c1-12-9-13(2)11-15(10-12)17(19)18-16-6-4-3-5-14(16)7-8-20-18/h3-6,9-11,17-18H,7-8,19H2,1-2H3. The third-order valence-corrected chi connectivity index (χ3v) is 3.99. The van der Waals surface area contributed by atoms with E-state index in [1.165, 1.54) is 22.3 Å². The molecule has 2 atom stereocenters. The number of hydrogen-bond acceptors (Lipinski definition) is 2. The first-order chi connectivity index (χ1) is 9.65. The van der Waals surface area contributed by atoms with Crippen LogP contribution in [-0.2, 0) is 11.2 Å². The second kappa shape index (κ2) is 5.39. The number of nitrogens with two attached hydrogens (primary N) is 1. The van der Waals surface area contributed by atoms with Crippen molar-refractivity contribution in [2.24, 2.45) is 5.73 Å². The van der Waals surface area contributed by atoms with Crippen molar-refractivity contribution in [3.8, 4) is 0 Å². The molecule has 1 aliphatic heterocycles. The zero-order valence-electron chi connectivity index (χ0n) is 12.1. The smallest absolute Gasteiger partial charge is 0.102 e. The third kappa shape index (κ3) is 2.49. The van der Waals surface area contributed by atoms with Crippen LogP contribution in [-0.4, -0.2) is 6.61 Å². The van der Waals surface area contributed by atoms with Gasteiger partial charge in [0.05, 0.1) is 12.6 Å². The summed E-state index contributed by atoms with van der Waals surface area (Å²) in [5.41, 5.74) is 12.8. The Kier molecular flexibility index (Phi) is 3.60. The molecule has 1 heterocycles. The Hall–Kier alpha value is -1.64. The van der Waals surface area contributed by atoms with Crippen molar-refractivity contribution >= 4 is 0 Å². The average molecular weight is 267 g/mol. The van der Waals surface area contributed by atoms with E-state index in [9.17, 15) is 0 Å². The summed E-state index contributed by atoms with van der Waals surface area (Å²) in [6.07, 6.45) is 0.938. The largest absolute Gasteiger partial charge is 0.371 e. The van der Waals surface area contributed by atoms with Gasteiger partial charge in [-0.1, -0.05) is 53.6 Å². The van der Waals surface area contributed by atoms with Crippen LogP contribution in [0.2, 0.25) is 0 Å². The van der Waals surface area contributed by atoms with Gasteiger partial charge in [0.15, 0.2) is 0 Å². The van der Waals surface area contributed by atoms with E-state index in [0.29, 0.717) is 0 Å². The van der Waals surface area contributed by atoms with Crippen molar-refractivity contribution in [2.75, 3.05) is 6.61 Å². The van der Waals surface area contributed by atoms with Gasteiger partial charge in [-0.05, 0) is 37.0 Å². The summed E-state index contributed by atoms with van der Waals surface area (Å²) < 4.78 is 5.98. The van der Waals surface area contributed by atoms with E-state index < -0.39 is 0 Å². The minimum Gasteiger partial charge on any atom is -0.371 e. The first kappa shape index (κ1) is 13.3. The first-order valence-corrected chi connectivity index (χ1v) is 7.18. The van der Waals surface area contributed by atoms with E-state index in [1.54, 1.807) is 0 Å². The maximum atomic E-state index is 6.50. The predicted octanol–water partition coefficient (Wildman–Crippen LogP) is 3.62. The number of aryl methyl sites for hydroxylation is 2. The quantitative estimate of drug-likeness (QED) is 0.902. The van der Waals surface area contributed by atoms with Crippen molar-refractivity contribution in [3.05, 3.63) is 70.3 Å². The Balaban J connectivity index is 1.97. The Bertz CT molecular complexity index is 600. The summed E-state index contributed by atoms with van der Waals surface area (Å²) in [5.74, 6) is 0. The van der Waals surface area contributed by atoms with Gasteiger partial charge in [-0.3, -0.25) is 0 Å². The van der Waals surface area contributed by atoms with Crippen LogP contribution in [0.25, 0.3) is 0 Å². The van der Waals surface area contributed by atoms with E-state index in [4.69, 9.17) is 10.5 Å². The number of fused-ring (bicyclic) bond motifs is 1. The molecule has 0 saturated carbocycles. The summed E-state index contributed by atoms with van der Waals surface area (Å²) >= 11 is 0. The summed E-state index contributed by atoms with van der Waals surface area (Å²) in [6.45, 7) is 4.97. The van der Waals surface area contributed by atoms with Crippen molar-refractivity contribution in [3.63, 3.8) is 0 Å². The molecule has 0 aromatic heterocycles. The van der Waals surface area contributed by atoms with Gasteiger partial charge < -0.3 is 10.5 Å². The highest BCUT2D eigenvalue weighted by molar-refractivity contribution is 5.36. The number of benzene rings is 2. The molecule has 0 bridgehead atoms. The minimum atomic E-state index is -0.116. The van der Waals surface area contributed by atoms with Gasteiger partial charge in [0, 0.05) is 0 Å². The van der Waals surface area contributed by atoms with Crippen LogP contribution in [0.15, 0.2) is 42.5 Å². The van der Waals surface area contributed by atoms with Gasteiger partial charge in [-0.2, -0.15) is 0 Å². The maximum Gasteiger partial charge on any atom is 0.102 e. The van der Waals surface area contributed by atoms with Crippen molar-refractivity contribution < 1.29 is 4.74 Å². The molecule has 20 heavy (non-hydrogen) atoms. The topological polar surface area (TPSA) is 35.2 Å². The second-order valence-electron chi connectivity index (χ2n) is 5.69. The molecule has 0 fully saturated rings. The molecule has 0 aliphatic carbocycles. The molecule has 2 N–H and O–H groups in total. The van der Waals surface area contributed by atoms with Gasteiger partial charge in [0.1, 0.15) is 6.10 Å². The lowest BCUT2D eigenvalue weighted by molar-refractivity contribution is 0.0241. The lowest BCUT2D eigenvalue weighted by atomic mass is 9.89. The van der Waals surface area contributed by atoms with Gasteiger partial charge in [0.2, 0.25) is 0 Å². The van der Waals surface area contributed by atoms with Crippen LogP contribution in [0.4, 0.5) is 0 Å². The number of ether oxygens (including phenoxy) is 1. The molecular formula is C18H21NO. The van der Waals surface area contributed by atoms with Gasteiger partial charge in [-0.15, -0.1) is 0 Å². The lowest BCUT2D eigenvalue weighted by Crippen LogP contribution is -2.27. The Morgan fingerprint density at radius 1 is 1.10 bits per heavy atom. The molecule has 2 aromatic rings. The van der Waals surface area contributed by atoms with Crippen LogP contribution in [0.3, 0.4) is 0 Å². The van der Waals surface area contributed by atoms with Gasteiger partial charge >= 0.3 is 0 Å². The highest BCUT2D eigenvalue weighted by Gasteiger charge is 2.27. The van der Waals surface area contributed by atoms with Gasteiger partial charge in [0.25, 0.3) is 0 Å². The van der Waals surface area contributed by atoms with Crippen molar-refractivity contribution in [1.82, 2.24) is 0 Å². The van der Waals surface area contributed by atoms with Crippen molar-refractivity contribution in [1.29, 1.82) is 0 Å². The zero-order chi connectivity index (χ0) is 14.1. The molecule has 2 aromatic carbocycles. The fraction of sp³-hybridized carbons (Fsp3) is 0.333. The predicted molar refractivity (Wildman–Crippen MR) is 81.7 cm³/mol. The monoisotopic (exact) mass is 267 g/mol. The Morgan fingerprint density at radius 2 is 1.80 bits per heavy atom. The highest BCUT2D eigenvalue weighted by Crippen LogP contribution is 2.35. The third-order valence-electron chi connectivity index (χ3n) is 3.99. The van der Waals surface area contributed by atoms with E-state index in [2.05, 4.69) is 56.3 Å². The summed E-state index contributed by atoms with van der Waals surface area (Å²) in [5, 5.41) is 0. The second-order valence-corrected chi connectivity index (χ2v) is 5.69. The van der Waals surface area contributed by atoms with Crippen LogP contribution in [0.1, 0.15) is 40.0 Å². The van der Waals surface area contributed by atoms with E-state index in [0.717, 1.165) is 18.6 Å². The van der Waals surface area contributed by atoms with E-state index in [1.807, 2.05) is 0 Å². The molecule has 2 unspecified atom stereocenters. The first-order valence-electron chi connectivity index (χ1n) is 7.18. The molecule has 2 heteroatoms. The molecule has 0 spiro atoms. The van der Waals surface area contributed by atoms with Crippen LogP contribution in [0, 0.1) is 13.8 Å². The summed E-state index contributed by atoms with van der Waals surface area (Å²) in [6, 6.07) is 14.9. The number of rotatable bonds is 2. The minimum absolute atomic E-state index is 0.0406. The molecule has 3 rings (SSSR count). The van der Waals surface area contributed by atoms with E-state index in [-0.39, 0.29) is 12.1 Å². The molecule has 2 nitrogen and oxygen atoms in total. The van der Waals surface area contributed by atoms with Crippen LogP contribution < -0.4 is 5.73 Å². The fourth-order valence-corrected chi connectivity index (χ4v) is 3.10. The van der Waals surface area contributed by atoms with Crippen LogP contribution >= 0.6 is 0 Å². The summed E-state index contributed by atoms with van der Waals surface area (Å²) in [7, 11) is 0. The van der Waals surface area contributed by atoms with Crippen molar-refractivity contribution in [2.45, 2.75) is 32.4 Å². The fourth-order valence-electron chi connectivity index (χ4n) is 3.10. The number of hydrogen-bond donors (Lipinski definition) is 1. The molecule has 0 radical (unpaired) electrons. The highest BCUT2D eigenvalue weighted by atomic mass is 16.5. The average Bonchev–Trinajstić information content (AvgIpc) is 2.45. The summed E-state index contributed by atoms with van der Waals surface area (Å²) in [4.78, 5) is 0. The Morgan fingerprint density at radius 3 is 2.55 bits per heavy atom. The molecule has 0 saturated heterocycles. The molecule has 1 aliphatic rings.